The van der Waals surface area contributed by atoms with Gasteiger partial charge in [-0.2, -0.15) is 0 Å². The van der Waals surface area contributed by atoms with Crippen molar-refractivity contribution < 1.29 is 9.15 Å². The molecule has 2 aliphatic carbocycles. The van der Waals surface area contributed by atoms with Crippen LogP contribution in [0.1, 0.15) is 29.0 Å². The molecule has 0 radical (unpaired) electrons. The van der Waals surface area contributed by atoms with Crippen molar-refractivity contribution >= 4 is 38.8 Å². The molecule has 3 unspecified atom stereocenters. The highest BCUT2D eigenvalue weighted by Gasteiger charge is 2.39. The molecule has 3 heteroatoms. The maximum absolute atomic E-state index is 6.44. The van der Waals surface area contributed by atoms with E-state index in [0.29, 0.717) is 0 Å². The van der Waals surface area contributed by atoms with E-state index in [1.165, 1.54) is 22.3 Å². The maximum Gasteiger partial charge on any atom is 0.136 e. The zero-order valence-corrected chi connectivity index (χ0v) is 21.4. The standard InChI is InChI=1S/C36H27NO2/c1-2-9-23(10-3-1)27-14-7-17-32-35(27)36-30(15-8-18-33(36)39-32)37-26-12-6-11-24(21-26)25-19-20-29-28-13-4-5-16-31(28)38-34(29)22-25/h1-11,13-22,26,32,35,37H,12H2. The van der Waals surface area contributed by atoms with Crippen LogP contribution in [0.5, 0.6) is 5.75 Å². The number of allylic oxidation sites excluding steroid dienone is 4. The second-order valence-corrected chi connectivity index (χ2v) is 10.5. The molecule has 1 aromatic heterocycles. The molecular formula is C36H27NO2. The molecule has 0 bridgehead atoms. The van der Waals surface area contributed by atoms with Crippen LogP contribution < -0.4 is 10.1 Å². The van der Waals surface area contributed by atoms with Gasteiger partial charge in [-0.25, -0.2) is 0 Å². The molecule has 3 nitrogen and oxygen atoms in total. The van der Waals surface area contributed by atoms with E-state index in [9.17, 15) is 0 Å². The van der Waals surface area contributed by atoms with Gasteiger partial charge in [0.15, 0.2) is 0 Å². The van der Waals surface area contributed by atoms with Crippen LogP contribution in [-0.4, -0.2) is 12.1 Å². The number of nitrogens with one attached hydrogen (secondary N) is 1. The van der Waals surface area contributed by atoms with Crippen molar-refractivity contribution in [3.63, 3.8) is 0 Å². The topological polar surface area (TPSA) is 34.4 Å². The zero-order valence-electron chi connectivity index (χ0n) is 21.4. The lowest BCUT2D eigenvalue weighted by Crippen LogP contribution is -2.22. The maximum atomic E-state index is 6.44. The normalized spacial score (nSPS) is 21.3. The number of para-hydroxylation sites is 1. The van der Waals surface area contributed by atoms with Gasteiger partial charge in [0.1, 0.15) is 23.0 Å². The molecule has 0 saturated heterocycles. The molecule has 3 aliphatic rings. The van der Waals surface area contributed by atoms with Crippen LogP contribution in [0.2, 0.25) is 0 Å². The lowest BCUT2D eigenvalue weighted by atomic mass is 9.80. The molecule has 3 atom stereocenters. The summed E-state index contributed by atoms with van der Waals surface area (Å²) in [6.45, 7) is 0. The first-order valence-corrected chi connectivity index (χ1v) is 13.6. The van der Waals surface area contributed by atoms with Gasteiger partial charge < -0.3 is 14.5 Å². The number of benzene rings is 4. The molecule has 0 saturated carbocycles. The summed E-state index contributed by atoms with van der Waals surface area (Å²) in [5, 5.41) is 6.18. The predicted molar refractivity (Wildman–Crippen MR) is 160 cm³/mol. The SMILES string of the molecule is C1=CC2Oc3cccc(NC4C=C(c5ccc6c(c5)oc5ccccc56)C=CC4)c3C2C(c2ccccc2)=C1. The van der Waals surface area contributed by atoms with Gasteiger partial charge in [-0.15, -0.1) is 0 Å². The lowest BCUT2D eigenvalue weighted by molar-refractivity contribution is 0.271. The molecule has 5 aromatic rings. The number of fused-ring (bicyclic) bond motifs is 6. The Morgan fingerprint density at radius 2 is 1.64 bits per heavy atom. The number of ether oxygens (including phenoxy) is 1. The third-order valence-electron chi connectivity index (χ3n) is 8.11. The largest absolute Gasteiger partial charge is 0.485 e. The van der Waals surface area contributed by atoms with Crippen molar-refractivity contribution in [3.8, 4) is 5.75 Å². The molecule has 4 aromatic carbocycles. The molecule has 0 spiro atoms. The number of hydrogen-bond donors (Lipinski definition) is 1. The fourth-order valence-corrected chi connectivity index (χ4v) is 6.31. The summed E-state index contributed by atoms with van der Waals surface area (Å²) in [4.78, 5) is 0. The molecule has 39 heavy (non-hydrogen) atoms. The van der Waals surface area contributed by atoms with Crippen LogP contribution in [0.4, 0.5) is 5.69 Å². The van der Waals surface area contributed by atoms with E-state index in [4.69, 9.17) is 9.15 Å². The predicted octanol–water partition coefficient (Wildman–Crippen LogP) is 8.91. The number of rotatable bonds is 4. The van der Waals surface area contributed by atoms with Crippen LogP contribution in [-0.2, 0) is 0 Å². The fourth-order valence-electron chi connectivity index (χ4n) is 6.31. The summed E-state index contributed by atoms with van der Waals surface area (Å²) in [5.74, 6) is 1.13. The van der Waals surface area contributed by atoms with Gasteiger partial charge in [-0.1, -0.05) is 91.0 Å². The number of hydrogen-bond acceptors (Lipinski definition) is 3. The van der Waals surface area contributed by atoms with E-state index in [1.807, 2.05) is 12.1 Å². The summed E-state index contributed by atoms with van der Waals surface area (Å²) in [6, 6.07) is 32.0. The minimum Gasteiger partial charge on any atom is -0.485 e. The van der Waals surface area contributed by atoms with Gasteiger partial charge in [-0.3, -0.25) is 0 Å². The summed E-state index contributed by atoms with van der Waals surface area (Å²) in [7, 11) is 0. The summed E-state index contributed by atoms with van der Waals surface area (Å²) < 4.78 is 12.6. The second-order valence-electron chi connectivity index (χ2n) is 10.5. The highest BCUT2D eigenvalue weighted by Crippen LogP contribution is 2.51. The molecule has 1 N–H and O–H groups in total. The Morgan fingerprint density at radius 3 is 2.59 bits per heavy atom. The Labute approximate surface area is 227 Å². The van der Waals surface area contributed by atoms with Crippen molar-refractivity contribution in [2.24, 2.45) is 0 Å². The Morgan fingerprint density at radius 1 is 0.769 bits per heavy atom. The lowest BCUT2D eigenvalue weighted by Gasteiger charge is -2.26. The van der Waals surface area contributed by atoms with Gasteiger partial charge in [0.25, 0.3) is 0 Å². The third kappa shape index (κ3) is 3.73. The Hall–Kier alpha value is -4.76. The van der Waals surface area contributed by atoms with Crippen LogP contribution in [0, 0.1) is 0 Å². The minimum atomic E-state index is 0.0102. The highest BCUT2D eigenvalue weighted by molar-refractivity contribution is 6.05. The van der Waals surface area contributed by atoms with Gasteiger partial charge in [0.05, 0.1) is 5.92 Å². The summed E-state index contributed by atoms with van der Waals surface area (Å²) in [5.41, 5.74) is 9.15. The van der Waals surface area contributed by atoms with Crippen LogP contribution in [0.25, 0.3) is 33.1 Å². The van der Waals surface area contributed by atoms with Gasteiger partial charge in [-0.05, 0) is 65.1 Å². The molecule has 188 valence electrons. The number of furan rings is 1. The molecule has 0 amide bonds. The van der Waals surface area contributed by atoms with Crippen LogP contribution >= 0.6 is 0 Å². The monoisotopic (exact) mass is 505 g/mol. The van der Waals surface area contributed by atoms with Crippen molar-refractivity contribution in [2.45, 2.75) is 24.5 Å². The Balaban J connectivity index is 1.13. The molecule has 0 fully saturated rings. The van der Waals surface area contributed by atoms with E-state index < -0.39 is 0 Å². The average molecular weight is 506 g/mol. The van der Waals surface area contributed by atoms with E-state index in [0.717, 1.165) is 45.4 Å². The first kappa shape index (κ1) is 22.2. The zero-order chi connectivity index (χ0) is 25.8. The minimum absolute atomic E-state index is 0.0102. The Kier molecular flexibility index (Phi) is 5.09. The van der Waals surface area contributed by atoms with Gasteiger partial charge in [0.2, 0.25) is 0 Å². The quantitative estimate of drug-likeness (QED) is 0.265. The molecular weight excluding hydrogens is 478 g/mol. The van der Waals surface area contributed by atoms with Crippen molar-refractivity contribution in [2.75, 3.05) is 5.32 Å². The molecule has 2 heterocycles. The first-order valence-electron chi connectivity index (χ1n) is 13.6. The van der Waals surface area contributed by atoms with Crippen molar-refractivity contribution in [1.29, 1.82) is 0 Å². The third-order valence-corrected chi connectivity index (χ3v) is 8.11. The van der Waals surface area contributed by atoms with Crippen molar-refractivity contribution in [3.05, 3.63) is 144 Å². The Bertz CT molecular complexity index is 1850. The smallest absolute Gasteiger partial charge is 0.136 e. The molecule has 8 rings (SSSR count). The number of anilines is 1. The van der Waals surface area contributed by atoms with Crippen LogP contribution in [0.15, 0.2) is 132 Å². The fraction of sp³-hybridized carbons (Fsp3) is 0.111. The van der Waals surface area contributed by atoms with Crippen molar-refractivity contribution in [1.82, 2.24) is 0 Å². The average Bonchev–Trinajstić information content (AvgIpc) is 3.56. The van der Waals surface area contributed by atoms with E-state index >= 15 is 0 Å². The van der Waals surface area contributed by atoms with E-state index in [1.54, 1.807) is 0 Å². The second kappa shape index (κ2) is 8.92. The summed E-state index contributed by atoms with van der Waals surface area (Å²) >= 11 is 0. The first-order chi connectivity index (χ1) is 19.3. The molecule has 1 aliphatic heterocycles. The van der Waals surface area contributed by atoms with E-state index in [-0.39, 0.29) is 18.1 Å². The van der Waals surface area contributed by atoms with E-state index in [2.05, 4.69) is 121 Å². The summed E-state index contributed by atoms with van der Waals surface area (Å²) in [6.07, 6.45) is 14.3. The highest BCUT2D eigenvalue weighted by atomic mass is 16.5. The van der Waals surface area contributed by atoms with Crippen LogP contribution in [0.3, 0.4) is 0 Å². The van der Waals surface area contributed by atoms with Gasteiger partial charge >= 0.3 is 0 Å². The van der Waals surface area contributed by atoms with Gasteiger partial charge in [0, 0.05) is 28.1 Å².